The minimum absolute atomic E-state index is 0.0115. The highest BCUT2D eigenvalue weighted by atomic mass is 16.2. The molecule has 0 radical (unpaired) electrons. The number of amides is 1. The molecule has 4 heteroatoms. The summed E-state index contributed by atoms with van der Waals surface area (Å²) in [4.78, 5) is 14.4. The van der Waals surface area contributed by atoms with Crippen LogP contribution in [0.5, 0.6) is 0 Å². The predicted molar refractivity (Wildman–Crippen MR) is 72.0 cm³/mol. The second kappa shape index (κ2) is 5.50. The summed E-state index contributed by atoms with van der Waals surface area (Å²) in [6, 6.07) is 9.58. The first kappa shape index (κ1) is 13.1. The topological polar surface area (TPSA) is 58.4 Å². The molecule has 1 aliphatic heterocycles. The molecule has 1 unspecified atom stereocenters. The molecule has 18 heavy (non-hydrogen) atoms. The first-order chi connectivity index (χ1) is 8.62. The molecule has 98 valence electrons. The lowest BCUT2D eigenvalue weighted by Crippen LogP contribution is -2.51. The van der Waals surface area contributed by atoms with Crippen molar-refractivity contribution in [3.05, 3.63) is 35.9 Å². The van der Waals surface area contributed by atoms with Crippen molar-refractivity contribution in [1.29, 1.82) is 0 Å². The van der Waals surface area contributed by atoms with Crippen LogP contribution in [0.25, 0.3) is 0 Å². The number of rotatable bonds is 2. The van der Waals surface area contributed by atoms with Crippen molar-refractivity contribution in [2.75, 3.05) is 26.2 Å². The summed E-state index contributed by atoms with van der Waals surface area (Å²) in [5.41, 5.74) is 6.18. The summed E-state index contributed by atoms with van der Waals surface area (Å²) in [5, 5.41) is 3.29. The van der Waals surface area contributed by atoms with Gasteiger partial charge in [-0.25, -0.2) is 0 Å². The van der Waals surface area contributed by atoms with Crippen LogP contribution in [0.4, 0.5) is 0 Å². The summed E-state index contributed by atoms with van der Waals surface area (Å²) >= 11 is 0. The van der Waals surface area contributed by atoms with E-state index in [2.05, 4.69) is 5.32 Å². The van der Waals surface area contributed by atoms with Crippen LogP contribution in [-0.4, -0.2) is 37.0 Å². The van der Waals surface area contributed by atoms with Gasteiger partial charge in [0.15, 0.2) is 0 Å². The molecule has 1 heterocycles. The van der Waals surface area contributed by atoms with Crippen molar-refractivity contribution in [3.63, 3.8) is 0 Å². The van der Waals surface area contributed by atoms with E-state index >= 15 is 0 Å². The Hall–Kier alpha value is -1.39. The first-order valence-corrected chi connectivity index (χ1v) is 6.47. The SMILES string of the molecule is CC(N)(C(=O)N1CCCNCC1)c1ccccc1. The van der Waals surface area contributed by atoms with Gasteiger partial charge in [-0.1, -0.05) is 30.3 Å². The number of benzene rings is 1. The maximum atomic E-state index is 12.5. The largest absolute Gasteiger partial charge is 0.339 e. The van der Waals surface area contributed by atoms with E-state index in [1.807, 2.05) is 35.2 Å². The molecule has 1 aromatic carbocycles. The van der Waals surface area contributed by atoms with E-state index in [4.69, 9.17) is 5.73 Å². The Morgan fingerprint density at radius 3 is 2.72 bits per heavy atom. The minimum Gasteiger partial charge on any atom is -0.339 e. The average molecular weight is 247 g/mol. The van der Waals surface area contributed by atoms with Crippen molar-refractivity contribution < 1.29 is 4.79 Å². The zero-order valence-electron chi connectivity index (χ0n) is 10.9. The standard InChI is InChI=1S/C14H21N3O/c1-14(15,12-6-3-2-4-7-12)13(18)17-10-5-8-16-9-11-17/h2-4,6-7,16H,5,8-11,15H2,1H3. The van der Waals surface area contributed by atoms with Gasteiger partial charge in [-0.2, -0.15) is 0 Å². The fourth-order valence-corrected chi connectivity index (χ4v) is 2.29. The number of nitrogens with two attached hydrogens (primary N) is 1. The number of nitrogens with one attached hydrogen (secondary N) is 1. The number of hydrogen-bond acceptors (Lipinski definition) is 3. The molecule has 0 bridgehead atoms. The Kier molecular flexibility index (Phi) is 3.99. The highest BCUT2D eigenvalue weighted by Gasteiger charge is 2.34. The van der Waals surface area contributed by atoms with Crippen LogP contribution in [0, 0.1) is 0 Å². The Morgan fingerprint density at radius 1 is 1.28 bits per heavy atom. The molecule has 4 nitrogen and oxygen atoms in total. The van der Waals surface area contributed by atoms with Gasteiger partial charge in [0.1, 0.15) is 5.54 Å². The van der Waals surface area contributed by atoms with Crippen LogP contribution in [0.1, 0.15) is 18.9 Å². The van der Waals surface area contributed by atoms with Gasteiger partial charge in [0, 0.05) is 19.6 Å². The molecule has 0 saturated carbocycles. The fourth-order valence-electron chi connectivity index (χ4n) is 2.29. The van der Waals surface area contributed by atoms with E-state index in [1.165, 1.54) is 0 Å². The van der Waals surface area contributed by atoms with Crippen LogP contribution >= 0.6 is 0 Å². The zero-order chi connectivity index (χ0) is 13.0. The Balaban J connectivity index is 2.16. The van der Waals surface area contributed by atoms with Gasteiger partial charge in [-0.05, 0) is 25.5 Å². The van der Waals surface area contributed by atoms with Crippen molar-refractivity contribution in [2.45, 2.75) is 18.9 Å². The second-order valence-corrected chi connectivity index (χ2v) is 4.96. The van der Waals surface area contributed by atoms with Crippen LogP contribution in [0.2, 0.25) is 0 Å². The number of hydrogen-bond donors (Lipinski definition) is 2. The quantitative estimate of drug-likeness (QED) is 0.808. The Morgan fingerprint density at radius 2 is 2.00 bits per heavy atom. The van der Waals surface area contributed by atoms with E-state index in [0.29, 0.717) is 0 Å². The summed E-state index contributed by atoms with van der Waals surface area (Å²) in [5.74, 6) is 0.0115. The van der Waals surface area contributed by atoms with Gasteiger partial charge in [-0.15, -0.1) is 0 Å². The van der Waals surface area contributed by atoms with Crippen molar-refractivity contribution in [3.8, 4) is 0 Å². The molecule has 1 amide bonds. The van der Waals surface area contributed by atoms with Crippen LogP contribution in [0.15, 0.2) is 30.3 Å². The molecule has 2 rings (SSSR count). The molecule has 0 spiro atoms. The second-order valence-electron chi connectivity index (χ2n) is 4.96. The Labute approximate surface area is 108 Å². The summed E-state index contributed by atoms with van der Waals surface area (Å²) < 4.78 is 0. The van der Waals surface area contributed by atoms with Crippen molar-refractivity contribution >= 4 is 5.91 Å². The molecule has 0 aromatic heterocycles. The van der Waals surface area contributed by atoms with Crippen molar-refractivity contribution in [1.82, 2.24) is 10.2 Å². The summed E-state index contributed by atoms with van der Waals surface area (Å²) in [6.45, 7) is 5.12. The highest BCUT2D eigenvalue weighted by Crippen LogP contribution is 2.20. The van der Waals surface area contributed by atoms with E-state index in [9.17, 15) is 4.79 Å². The lowest BCUT2D eigenvalue weighted by Gasteiger charge is -2.31. The Bertz CT molecular complexity index is 395. The molecule has 0 aliphatic carbocycles. The highest BCUT2D eigenvalue weighted by molar-refractivity contribution is 5.87. The summed E-state index contributed by atoms with van der Waals surface area (Å²) in [6.07, 6.45) is 0.983. The normalized spacial score (nSPS) is 20.0. The van der Waals surface area contributed by atoms with E-state index < -0.39 is 5.54 Å². The maximum Gasteiger partial charge on any atom is 0.247 e. The number of carbonyl (C=O) groups excluding carboxylic acids is 1. The average Bonchev–Trinajstić information content (AvgIpc) is 2.67. The molecule has 1 aromatic rings. The number of carbonyl (C=O) groups is 1. The third kappa shape index (κ3) is 2.71. The third-order valence-electron chi connectivity index (χ3n) is 3.45. The molecular formula is C14H21N3O. The maximum absolute atomic E-state index is 12.5. The summed E-state index contributed by atoms with van der Waals surface area (Å²) in [7, 11) is 0. The zero-order valence-corrected chi connectivity index (χ0v) is 10.9. The van der Waals surface area contributed by atoms with Gasteiger partial charge in [-0.3, -0.25) is 4.79 Å². The molecular weight excluding hydrogens is 226 g/mol. The van der Waals surface area contributed by atoms with E-state index in [0.717, 1.165) is 38.2 Å². The van der Waals surface area contributed by atoms with Gasteiger partial charge < -0.3 is 16.0 Å². The monoisotopic (exact) mass is 247 g/mol. The lowest BCUT2D eigenvalue weighted by molar-refractivity contribution is -0.136. The smallest absolute Gasteiger partial charge is 0.247 e. The molecule has 1 saturated heterocycles. The van der Waals surface area contributed by atoms with Crippen LogP contribution in [0.3, 0.4) is 0 Å². The van der Waals surface area contributed by atoms with E-state index in [1.54, 1.807) is 6.92 Å². The van der Waals surface area contributed by atoms with Crippen LogP contribution < -0.4 is 11.1 Å². The van der Waals surface area contributed by atoms with Gasteiger partial charge in [0.25, 0.3) is 0 Å². The molecule has 1 atom stereocenters. The van der Waals surface area contributed by atoms with Gasteiger partial charge in [0.2, 0.25) is 5.91 Å². The predicted octanol–water partition coefficient (Wildman–Crippen LogP) is 0.682. The van der Waals surface area contributed by atoms with Gasteiger partial charge in [0.05, 0.1) is 0 Å². The number of nitrogens with zero attached hydrogens (tertiary/aromatic N) is 1. The van der Waals surface area contributed by atoms with E-state index in [-0.39, 0.29) is 5.91 Å². The van der Waals surface area contributed by atoms with Crippen LogP contribution in [-0.2, 0) is 10.3 Å². The van der Waals surface area contributed by atoms with Gasteiger partial charge >= 0.3 is 0 Å². The first-order valence-electron chi connectivity index (χ1n) is 6.47. The third-order valence-corrected chi connectivity index (χ3v) is 3.45. The molecule has 1 fully saturated rings. The minimum atomic E-state index is -0.939. The molecule has 3 N–H and O–H groups in total. The molecule has 1 aliphatic rings. The lowest BCUT2D eigenvalue weighted by atomic mass is 9.91. The fraction of sp³-hybridized carbons (Fsp3) is 0.500. The van der Waals surface area contributed by atoms with Crippen molar-refractivity contribution in [2.24, 2.45) is 5.73 Å².